The molecule has 90 valence electrons. The minimum Gasteiger partial charge on any atom is -0.492 e. The van der Waals surface area contributed by atoms with E-state index in [-0.39, 0.29) is 5.78 Å². The van der Waals surface area contributed by atoms with Gasteiger partial charge in [-0.05, 0) is 35.4 Å². The zero-order chi connectivity index (χ0) is 12.5. The second kappa shape index (κ2) is 4.46. The monoisotopic (exact) mass is 258 g/mol. The SMILES string of the molecule is O=C1CCOc2cc(-c3cccc(Cl)c3)ccc21. The lowest BCUT2D eigenvalue weighted by Gasteiger charge is -2.17. The highest BCUT2D eigenvalue weighted by Gasteiger charge is 2.18. The summed E-state index contributed by atoms with van der Waals surface area (Å²) in [4.78, 5) is 11.7. The third-order valence-corrected chi connectivity index (χ3v) is 3.26. The van der Waals surface area contributed by atoms with Gasteiger partial charge in [0.1, 0.15) is 5.75 Å². The third kappa shape index (κ3) is 2.00. The summed E-state index contributed by atoms with van der Waals surface area (Å²) >= 11 is 5.98. The molecule has 0 bridgehead atoms. The van der Waals surface area contributed by atoms with Gasteiger partial charge in [0.15, 0.2) is 5.78 Å². The van der Waals surface area contributed by atoms with Gasteiger partial charge in [-0.2, -0.15) is 0 Å². The van der Waals surface area contributed by atoms with E-state index in [1.165, 1.54) is 0 Å². The van der Waals surface area contributed by atoms with E-state index >= 15 is 0 Å². The van der Waals surface area contributed by atoms with Crippen LogP contribution in [0.3, 0.4) is 0 Å². The quantitative estimate of drug-likeness (QED) is 0.774. The Balaban J connectivity index is 2.07. The van der Waals surface area contributed by atoms with Crippen molar-refractivity contribution in [3.05, 3.63) is 53.1 Å². The molecule has 3 heteroatoms. The Morgan fingerprint density at radius 3 is 2.72 bits per heavy atom. The van der Waals surface area contributed by atoms with Gasteiger partial charge >= 0.3 is 0 Å². The molecule has 1 heterocycles. The van der Waals surface area contributed by atoms with E-state index in [1.807, 2.05) is 42.5 Å². The van der Waals surface area contributed by atoms with Crippen molar-refractivity contribution >= 4 is 17.4 Å². The summed E-state index contributed by atoms with van der Waals surface area (Å²) in [5, 5.41) is 0.696. The number of rotatable bonds is 1. The Labute approximate surface area is 110 Å². The first-order valence-electron chi connectivity index (χ1n) is 5.80. The minimum atomic E-state index is 0.147. The number of hydrogen-bond acceptors (Lipinski definition) is 2. The minimum absolute atomic E-state index is 0.147. The van der Waals surface area contributed by atoms with Crippen LogP contribution >= 0.6 is 11.6 Å². The highest BCUT2D eigenvalue weighted by molar-refractivity contribution is 6.30. The fourth-order valence-corrected chi connectivity index (χ4v) is 2.30. The van der Waals surface area contributed by atoms with Crippen LogP contribution in [0, 0.1) is 0 Å². The van der Waals surface area contributed by atoms with Crippen LogP contribution in [-0.2, 0) is 0 Å². The van der Waals surface area contributed by atoms with Gasteiger partial charge in [-0.3, -0.25) is 4.79 Å². The van der Waals surface area contributed by atoms with E-state index in [0.29, 0.717) is 29.4 Å². The molecular formula is C15H11ClO2. The van der Waals surface area contributed by atoms with Gasteiger partial charge in [-0.25, -0.2) is 0 Å². The Hall–Kier alpha value is -1.80. The molecule has 2 aromatic carbocycles. The molecule has 0 atom stereocenters. The fourth-order valence-electron chi connectivity index (χ4n) is 2.11. The molecule has 0 aliphatic carbocycles. The predicted molar refractivity (Wildman–Crippen MR) is 71.3 cm³/mol. The normalized spacial score (nSPS) is 13.9. The van der Waals surface area contributed by atoms with Crippen LogP contribution in [-0.4, -0.2) is 12.4 Å². The van der Waals surface area contributed by atoms with Crippen molar-refractivity contribution in [3.8, 4) is 16.9 Å². The summed E-state index contributed by atoms with van der Waals surface area (Å²) in [6, 6.07) is 13.3. The third-order valence-electron chi connectivity index (χ3n) is 3.03. The van der Waals surface area contributed by atoms with E-state index in [1.54, 1.807) is 0 Å². The highest BCUT2D eigenvalue weighted by atomic mass is 35.5. The van der Waals surface area contributed by atoms with Crippen LogP contribution in [0.25, 0.3) is 11.1 Å². The van der Waals surface area contributed by atoms with Crippen molar-refractivity contribution in [2.24, 2.45) is 0 Å². The van der Waals surface area contributed by atoms with Crippen molar-refractivity contribution in [3.63, 3.8) is 0 Å². The largest absolute Gasteiger partial charge is 0.492 e. The molecule has 0 aromatic heterocycles. The van der Waals surface area contributed by atoms with Gasteiger partial charge in [0.25, 0.3) is 0 Å². The first-order valence-corrected chi connectivity index (χ1v) is 6.18. The summed E-state index contributed by atoms with van der Waals surface area (Å²) in [7, 11) is 0. The molecule has 1 aliphatic heterocycles. The molecule has 0 amide bonds. The molecule has 1 aliphatic rings. The maximum atomic E-state index is 11.7. The lowest BCUT2D eigenvalue weighted by molar-refractivity contribution is 0.0933. The van der Waals surface area contributed by atoms with Crippen molar-refractivity contribution in [1.82, 2.24) is 0 Å². The smallest absolute Gasteiger partial charge is 0.169 e. The average Bonchev–Trinajstić information content (AvgIpc) is 2.39. The lowest BCUT2D eigenvalue weighted by atomic mass is 9.99. The number of ether oxygens (including phenoxy) is 1. The van der Waals surface area contributed by atoms with E-state index in [0.717, 1.165) is 11.1 Å². The van der Waals surface area contributed by atoms with Crippen LogP contribution in [0.15, 0.2) is 42.5 Å². The van der Waals surface area contributed by atoms with Crippen molar-refractivity contribution in [2.75, 3.05) is 6.61 Å². The topological polar surface area (TPSA) is 26.3 Å². The van der Waals surface area contributed by atoms with Crippen molar-refractivity contribution in [2.45, 2.75) is 6.42 Å². The highest BCUT2D eigenvalue weighted by Crippen LogP contribution is 2.31. The number of carbonyl (C=O) groups excluding carboxylic acids is 1. The van der Waals surface area contributed by atoms with Crippen LogP contribution in [0.2, 0.25) is 5.02 Å². The Morgan fingerprint density at radius 2 is 1.89 bits per heavy atom. The fraction of sp³-hybridized carbons (Fsp3) is 0.133. The van der Waals surface area contributed by atoms with Crippen LogP contribution in [0.4, 0.5) is 0 Å². The van der Waals surface area contributed by atoms with Crippen molar-refractivity contribution < 1.29 is 9.53 Å². The van der Waals surface area contributed by atoms with E-state index in [2.05, 4.69) is 0 Å². The van der Waals surface area contributed by atoms with Gasteiger partial charge in [-0.1, -0.05) is 29.8 Å². The number of halogens is 1. The summed E-state index contributed by atoms with van der Waals surface area (Å²) in [5.74, 6) is 0.817. The first-order chi connectivity index (χ1) is 8.74. The number of ketones is 1. The average molecular weight is 259 g/mol. The Morgan fingerprint density at radius 1 is 1.06 bits per heavy atom. The van der Waals surface area contributed by atoms with Gasteiger partial charge in [0, 0.05) is 11.4 Å². The lowest BCUT2D eigenvalue weighted by Crippen LogP contribution is -2.15. The summed E-state index contributed by atoms with van der Waals surface area (Å²) < 4.78 is 5.53. The molecule has 2 nitrogen and oxygen atoms in total. The standard InChI is InChI=1S/C15H11ClO2/c16-12-3-1-2-10(8-12)11-4-5-13-14(17)6-7-18-15(13)9-11/h1-5,8-9H,6-7H2. The van der Waals surface area contributed by atoms with Crippen LogP contribution < -0.4 is 4.74 Å². The van der Waals surface area contributed by atoms with Gasteiger partial charge in [0.2, 0.25) is 0 Å². The number of Topliss-reactive ketones (excluding diaryl/α,β-unsaturated/α-hetero) is 1. The van der Waals surface area contributed by atoms with E-state index < -0.39 is 0 Å². The second-order valence-electron chi connectivity index (χ2n) is 4.24. The molecule has 2 aromatic rings. The first kappa shape index (κ1) is 11.3. The zero-order valence-corrected chi connectivity index (χ0v) is 10.4. The zero-order valence-electron chi connectivity index (χ0n) is 9.65. The summed E-state index contributed by atoms with van der Waals surface area (Å²) in [6.07, 6.45) is 0.462. The maximum Gasteiger partial charge on any atom is 0.169 e. The van der Waals surface area contributed by atoms with Gasteiger partial charge in [0.05, 0.1) is 12.2 Å². The van der Waals surface area contributed by atoms with Crippen molar-refractivity contribution in [1.29, 1.82) is 0 Å². The van der Waals surface area contributed by atoms with Crippen LogP contribution in [0.1, 0.15) is 16.8 Å². The van der Waals surface area contributed by atoms with E-state index in [4.69, 9.17) is 16.3 Å². The maximum absolute atomic E-state index is 11.7. The second-order valence-corrected chi connectivity index (χ2v) is 4.68. The number of hydrogen-bond donors (Lipinski definition) is 0. The van der Waals surface area contributed by atoms with Gasteiger partial charge < -0.3 is 4.74 Å². The van der Waals surface area contributed by atoms with E-state index in [9.17, 15) is 4.79 Å². The van der Waals surface area contributed by atoms with Crippen LogP contribution in [0.5, 0.6) is 5.75 Å². The number of benzene rings is 2. The molecular weight excluding hydrogens is 248 g/mol. The molecule has 3 rings (SSSR count). The molecule has 0 fully saturated rings. The molecule has 0 unspecified atom stereocenters. The Kier molecular flexibility index (Phi) is 2.80. The molecule has 0 N–H and O–H groups in total. The number of fused-ring (bicyclic) bond motifs is 1. The molecule has 18 heavy (non-hydrogen) atoms. The summed E-state index contributed by atoms with van der Waals surface area (Å²) in [6.45, 7) is 0.463. The molecule has 0 radical (unpaired) electrons. The molecule has 0 spiro atoms. The predicted octanol–water partition coefficient (Wildman–Crippen LogP) is 3.97. The molecule has 0 saturated carbocycles. The number of carbonyl (C=O) groups is 1. The molecule has 0 saturated heterocycles. The summed E-state index contributed by atoms with van der Waals surface area (Å²) in [5.41, 5.74) is 2.70. The van der Waals surface area contributed by atoms with Gasteiger partial charge in [-0.15, -0.1) is 0 Å². The Bertz CT molecular complexity index is 620.